The van der Waals surface area contributed by atoms with Gasteiger partial charge in [-0.25, -0.2) is 4.79 Å². The van der Waals surface area contributed by atoms with Crippen LogP contribution in [0.2, 0.25) is 0 Å². The average Bonchev–Trinajstić information content (AvgIpc) is 2.64. The summed E-state index contributed by atoms with van der Waals surface area (Å²) in [5.74, 6) is 2.03. The molecule has 3 rings (SSSR count). The number of benzene rings is 1. The molecule has 0 aromatic heterocycles. The summed E-state index contributed by atoms with van der Waals surface area (Å²) in [6.45, 7) is 8.95. The van der Waals surface area contributed by atoms with Crippen LogP contribution in [0.1, 0.15) is 52.2 Å². The first-order valence-electron chi connectivity index (χ1n) is 10.1. The van der Waals surface area contributed by atoms with Gasteiger partial charge in [-0.3, -0.25) is 0 Å². The largest absolute Gasteiger partial charge is 0.456 e. The smallest absolute Gasteiger partial charge is 0.340 e. The molecule has 0 bridgehead atoms. The van der Waals surface area contributed by atoms with Crippen LogP contribution in [0.25, 0.3) is 0 Å². The van der Waals surface area contributed by atoms with Crippen LogP contribution in [-0.2, 0) is 14.3 Å². The molecule has 0 saturated carbocycles. The van der Waals surface area contributed by atoms with Crippen LogP contribution in [0.3, 0.4) is 0 Å². The number of ether oxygens (including phenoxy) is 2. The summed E-state index contributed by atoms with van der Waals surface area (Å²) < 4.78 is 11.4. The van der Waals surface area contributed by atoms with Gasteiger partial charge in [0.25, 0.3) is 0 Å². The highest BCUT2D eigenvalue weighted by molar-refractivity contribution is 5.77. The zero-order valence-corrected chi connectivity index (χ0v) is 17.1. The number of carbonyl (C=O) groups is 1. The lowest BCUT2D eigenvalue weighted by molar-refractivity contribution is -0.161. The zero-order valence-electron chi connectivity index (χ0n) is 17.1. The van der Waals surface area contributed by atoms with Gasteiger partial charge in [-0.2, -0.15) is 0 Å². The molecule has 0 unspecified atom stereocenters. The summed E-state index contributed by atoms with van der Waals surface area (Å²) in [7, 11) is 1.56. The first kappa shape index (κ1) is 19.9. The lowest BCUT2D eigenvalue weighted by atomic mass is 9.63. The lowest BCUT2D eigenvalue weighted by Crippen LogP contribution is -2.38. The van der Waals surface area contributed by atoms with Crippen molar-refractivity contribution >= 4 is 5.97 Å². The van der Waals surface area contributed by atoms with E-state index in [0.29, 0.717) is 23.7 Å². The van der Waals surface area contributed by atoms with E-state index in [9.17, 15) is 4.79 Å². The van der Waals surface area contributed by atoms with E-state index in [1.165, 1.54) is 11.1 Å². The molecule has 2 aliphatic rings. The van der Waals surface area contributed by atoms with Gasteiger partial charge in [0.15, 0.2) is 6.10 Å². The molecule has 0 heterocycles. The fourth-order valence-corrected chi connectivity index (χ4v) is 4.70. The Balaban J connectivity index is 1.77. The number of carbonyl (C=O) groups excluding carboxylic acids is 1. The number of fused-ring (bicyclic) bond motifs is 1. The summed E-state index contributed by atoms with van der Waals surface area (Å²) in [4.78, 5) is 12.8. The van der Waals surface area contributed by atoms with Crippen LogP contribution < -0.4 is 0 Å². The summed E-state index contributed by atoms with van der Waals surface area (Å²) >= 11 is 0. The Morgan fingerprint density at radius 2 is 1.81 bits per heavy atom. The number of hydrogen-bond acceptors (Lipinski definition) is 3. The van der Waals surface area contributed by atoms with Crippen LogP contribution in [0.5, 0.6) is 0 Å². The van der Waals surface area contributed by atoms with Crippen LogP contribution >= 0.6 is 0 Å². The first-order chi connectivity index (χ1) is 12.9. The molecule has 0 amide bonds. The van der Waals surface area contributed by atoms with Crippen LogP contribution in [0.4, 0.5) is 0 Å². The minimum Gasteiger partial charge on any atom is -0.456 e. The van der Waals surface area contributed by atoms with Gasteiger partial charge >= 0.3 is 5.97 Å². The highest BCUT2D eigenvalue weighted by atomic mass is 16.6. The van der Waals surface area contributed by atoms with Crippen molar-refractivity contribution in [1.82, 2.24) is 0 Å². The Labute approximate surface area is 163 Å². The predicted molar refractivity (Wildman–Crippen MR) is 108 cm³/mol. The van der Waals surface area contributed by atoms with Crippen LogP contribution in [0, 0.1) is 23.7 Å². The van der Waals surface area contributed by atoms with E-state index in [1.807, 2.05) is 30.3 Å². The molecule has 3 heteroatoms. The summed E-state index contributed by atoms with van der Waals surface area (Å²) in [5.41, 5.74) is 3.44. The normalized spacial score (nSPS) is 28.8. The van der Waals surface area contributed by atoms with Gasteiger partial charge in [0.1, 0.15) is 6.10 Å². The van der Waals surface area contributed by atoms with Crippen molar-refractivity contribution in [3.8, 4) is 0 Å². The van der Waals surface area contributed by atoms with Crippen LogP contribution in [0.15, 0.2) is 53.6 Å². The Morgan fingerprint density at radius 3 is 2.44 bits per heavy atom. The van der Waals surface area contributed by atoms with E-state index in [-0.39, 0.29) is 12.1 Å². The molecular formula is C24H32O3. The summed E-state index contributed by atoms with van der Waals surface area (Å²) in [6.07, 6.45) is 5.94. The molecule has 3 nitrogen and oxygen atoms in total. The molecule has 0 aliphatic heterocycles. The van der Waals surface area contributed by atoms with Crippen molar-refractivity contribution in [2.24, 2.45) is 23.7 Å². The Hall–Kier alpha value is -1.87. The molecule has 5 atom stereocenters. The zero-order chi connectivity index (χ0) is 19.6. The fraction of sp³-hybridized carbons (Fsp3) is 0.542. The minimum atomic E-state index is -0.678. The van der Waals surface area contributed by atoms with Gasteiger partial charge in [0.05, 0.1) is 0 Å². The van der Waals surface area contributed by atoms with Gasteiger partial charge in [0.2, 0.25) is 0 Å². The molecule has 146 valence electrons. The molecule has 2 aliphatic carbocycles. The Morgan fingerprint density at radius 1 is 1.11 bits per heavy atom. The minimum absolute atomic E-state index is 0.172. The summed E-state index contributed by atoms with van der Waals surface area (Å²) in [5, 5.41) is 0. The van der Waals surface area contributed by atoms with E-state index in [1.54, 1.807) is 7.11 Å². The molecule has 0 spiro atoms. The first-order valence-corrected chi connectivity index (χ1v) is 10.1. The highest BCUT2D eigenvalue weighted by Gasteiger charge is 2.40. The number of rotatable bonds is 5. The van der Waals surface area contributed by atoms with Gasteiger partial charge in [-0.1, -0.05) is 61.9 Å². The van der Waals surface area contributed by atoms with Crippen molar-refractivity contribution in [3.63, 3.8) is 0 Å². The maximum Gasteiger partial charge on any atom is 0.340 e. The molecule has 0 N–H and O–H groups in total. The second-order valence-electron chi connectivity index (χ2n) is 8.37. The molecule has 0 saturated heterocycles. The quantitative estimate of drug-likeness (QED) is 0.509. The topological polar surface area (TPSA) is 35.5 Å². The molecule has 0 fully saturated rings. The van der Waals surface area contributed by atoms with Gasteiger partial charge in [0, 0.05) is 7.11 Å². The number of esters is 1. The highest BCUT2D eigenvalue weighted by Crippen LogP contribution is 2.46. The maximum absolute atomic E-state index is 12.8. The third kappa shape index (κ3) is 4.19. The van der Waals surface area contributed by atoms with Crippen molar-refractivity contribution < 1.29 is 14.3 Å². The van der Waals surface area contributed by atoms with Crippen molar-refractivity contribution in [1.29, 1.82) is 0 Å². The molecule has 0 radical (unpaired) electrons. The van der Waals surface area contributed by atoms with Crippen molar-refractivity contribution in [2.45, 2.75) is 52.7 Å². The number of methoxy groups -OCH3 is 1. The van der Waals surface area contributed by atoms with E-state index < -0.39 is 6.10 Å². The predicted octanol–water partition coefficient (Wildman–Crippen LogP) is 5.49. The lowest BCUT2D eigenvalue weighted by Gasteiger charge is -2.43. The third-order valence-electron chi connectivity index (χ3n) is 6.35. The molecular weight excluding hydrogens is 336 g/mol. The molecule has 1 aromatic rings. The Kier molecular flexibility index (Phi) is 6.21. The van der Waals surface area contributed by atoms with E-state index in [4.69, 9.17) is 9.47 Å². The monoisotopic (exact) mass is 368 g/mol. The van der Waals surface area contributed by atoms with Gasteiger partial charge < -0.3 is 9.47 Å². The number of hydrogen-bond donors (Lipinski definition) is 0. The fourth-order valence-electron chi connectivity index (χ4n) is 4.70. The number of allylic oxidation sites excluding steroid dienone is 3. The average molecular weight is 369 g/mol. The molecule has 27 heavy (non-hydrogen) atoms. The van der Waals surface area contributed by atoms with Gasteiger partial charge in [-0.15, -0.1) is 0 Å². The Bertz CT molecular complexity index is 716. The second kappa shape index (κ2) is 8.43. The summed E-state index contributed by atoms with van der Waals surface area (Å²) in [6, 6.07) is 9.55. The van der Waals surface area contributed by atoms with Crippen molar-refractivity contribution in [3.05, 3.63) is 59.2 Å². The van der Waals surface area contributed by atoms with E-state index >= 15 is 0 Å². The standard InChI is InChI=1S/C24H32O3/c1-15(2)19-12-11-16(3)20-14-22(17(4)13-21(19)20)27-24(25)23(26-5)18-9-7-6-8-10-18/h6-11,13,15,19-23H,12,14H2,1-5H3/t19-,20+,21-,22-,23-/m1/s1. The van der Waals surface area contributed by atoms with E-state index in [0.717, 1.165) is 18.4 Å². The van der Waals surface area contributed by atoms with Gasteiger partial charge in [-0.05, 0) is 61.5 Å². The maximum atomic E-state index is 12.8. The third-order valence-corrected chi connectivity index (χ3v) is 6.35. The SMILES string of the molecule is CO[C@@H](C(=O)O[C@@H]1C[C@H]2C(C)=CC[C@H](C(C)C)[C@H]2C=C1C)c1ccccc1. The van der Waals surface area contributed by atoms with Crippen LogP contribution in [-0.4, -0.2) is 19.2 Å². The van der Waals surface area contributed by atoms with E-state index in [2.05, 4.69) is 39.8 Å². The van der Waals surface area contributed by atoms with Crippen molar-refractivity contribution in [2.75, 3.05) is 7.11 Å². The molecule has 1 aromatic carbocycles. The second-order valence-corrected chi connectivity index (χ2v) is 8.37.